The van der Waals surface area contributed by atoms with Crippen LogP contribution >= 0.6 is 11.3 Å². The van der Waals surface area contributed by atoms with Crippen LogP contribution in [0.3, 0.4) is 0 Å². The van der Waals surface area contributed by atoms with Crippen molar-refractivity contribution in [3.63, 3.8) is 0 Å². The molecule has 118 valence electrons. The molecule has 22 heavy (non-hydrogen) atoms. The van der Waals surface area contributed by atoms with Crippen molar-refractivity contribution in [3.8, 4) is 22.1 Å². The molecule has 0 saturated carbocycles. The summed E-state index contributed by atoms with van der Waals surface area (Å²) >= 11 is 1.18. The number of methoxy groups -OCH3 is 1. The fourth-order valence-electron chi connectivity index (χ4n) is 2.01. The van der Waals surface area contributed by atoms with Crippen LogP contribution in [0.1, 0.15) is 35.6 Å². The molecule has 1 aromatic heterocycles. The summed E-state index contributed by atoms with van der Waals surface area (Å²) in [5.41, 5.74) is 1.44. The van der Waals surface area contributed by atoms with E-state index >= 15 is 0 Å². The minimum absolute atomic E-state index is 0.294. The molecule has 0 aliphatic heterocycles. The van der Waals surface area contributed by atoms with Gasteiger partial charge in [0.25, 0.3) is 0 Å². The number of carbonyl (C=O) groups is 1. The van der Waals surface area contributed by atoms with Gasteiger partial charge < -0.3 is 14.6 Å². The molecular weight excluding hydrogens is 302 g/mol. The first-order valence-electron chi connectivity index (χ1n) is 7.14. The van der Waals surface area contributed by atoms with Crippen molar-refractivity contribution in [2.24, 2.45) is 0 Å². The van der Waals surface area contributed by atoms with Gasteiger partial charge in [0.2, 0.25) is 0 Å². The number of ether oxygens (including phenoxy) is 2. The van der Waals surface area contributed by atoms with Gasteiger partial charge in [-0.2, -0.15) is 0 Å². The van der Waals surface area contributed by atoms with E-state index in [2.05, 4.69) is 4.98 Å². The zero-order valence-corrected chi connectivity index (χ0v) is 13.7. The summed E-state index contributed by atoms with van der Waals surface area (Å²) in [6.07, 6.45) is 1.51. The molecule has 0 saturated heterocycles. The van der Waals surface area contributed by atoms with E-state index < -0.39 is 5.97 Å². The summed E-state index contributed by atoms with van der Waals surface area (Å²) in [7, 11) is 1.58. The number of aromatic carboxylic acids is 1. The number of aromatic nitrogens is 1. The molecule has 1 aromatic carbocycles. The van der Waals surface area contributed by atoms with Gasteiger partial charge in [-0.15, -0.1) is 11.3 Å². The van der Waals surface area contributed by atoms with Gasteiger partial charge in [-0.05, 0) is 31.0 Å². The first-order valence-corrected chi connectivity index (χ1v) is 7.96. The highest BCUT2D eigenvalue weighted by Gasteiger charge is 2.18. The third-order valence-electron chi connectivity index (χ3n) is 3.10. The van der Waals surface area contributed by atoms with Crippen molar-refractivity contribution < 1.29 is 19.4 Å². The molecular formula is C16H19NO4S. The van der Waals surface area contributed by atoms with E-state index in [0.29, 0.717) is 40.1 Å². The van der Waals surface area contributed by atoms with Crippen LogP contribution < -0.4 is 9.47 Å². The van der Waals surface area contributed by atoms with Gasteiger partial charge >= 0.3 is 5.97 Å². The number of carboxylic acids is 1. The Hall–Kier alpha value is -2.08. The summed E-state index contributed by atoms with van der Waals surface area (Å²) in [6, 6.07) is 5.53. The fourth-order valence-corrected chi connectivity index (χ4v) is 3.00. The summed E-state index contributed by atoms with van der Waals surface area (Å²) in [5, 5.41) is 9.90. The summed E-state index contributed by atoms with van der Waals surface area (Å²) in [5.74, 6) is 0.366. The van der Waals surface area contributed by atoms with Crippen LogP contribution in [0.25, 0.3) is 10.6 Å². The first kappa shape index (κ1) is 16.3. The zero-order valence-electron chi connectivity index (χ0n) is 12.9. The molecule has 0 atom stereocenters. The monoisotopic (exact) mass is 321 g/mol. The van der Waals surface area contributed by atoms with Gasteiger partial charge in [0.05, 0.1) is 19.4 Å². The summed E-state index contributed by atoms with van der Waals surface area (Å²) in [6.45, 7) is 4.56. The van der Waals surface area contributed by atoms with Gasteiger partial charge in [-0.3, -0.25) is 0 Å². The lowest BCUT2D eigenvalue weighted by molar-refractivity contribution is 0.0701. The van der Waals surface area contributed by atoms with E-state index in [1.807, 2.05) is 32.0 Å². The molecule has 5 nitrogen and oxygen atoms in total. The normalized spacial score (nSPS) is 10.5. The van der Waals surface area contributed by atoms with Gasteiger partial charge in [0, 0.05) is 5.56 Å². The zero-order chi connectivity index (χ0) is 16.1. The minimum Gasteiger partial charge on any atom is -0.493 e. The van der Waals surface area contributed by atoms with Crippen molar-refractivity contribution in [2.75, 3.05) is 13.7 Å². The quantitative estimate of drug-likeness (QED) is 0.838. The van der Waals surface area contributed by atoms with Crippen LogP contribution in [-0.4, -0.2) is 29.8 Å². The van der Waals surface area contributed by atoms with Gasteiger partial charge in [-0.1, -0.05) is 13.8 Å². The number of rotatable bonds is 7. The Balaban J connectivity index is 2.38. The van der Waals surface area contributed by atoms with Gasteiger partial charge in [0.15, 0.2) is 11.5 Å². The molecule has 0 unspecified atom stereocenters. The molecule has 0 spiro atoms. The standard InChI is InChI=1S/C16H19NO4S/c1-4-8-21-12-7-6-10(9-13(12)20-3)15-17-11(5-2)14(22-15)16(18)19/h6-7,9H,4-5,8H2,1-3H3,(H,18,19). The summed E-state index contributed by atoms with van der Waals surface area (Å²) in [4.78, 5) is 16.0. The van der Waals surface area contributed by atoms with Crippen LogP contribution in [0, 0.1) is 0 Å². The average molecular weight is 321 g/mol. The molecule has 2 rings (SSSR count). The average Bonchev–Trinajstić information content (AvgIpc) is 2.97. The van der Waals surface area contributed by atoms with E-state index in [1.54, 1.807) is 7.11 Å². The Morgan fingerprint density at radius 2 is 2.09 bits per heavy atom. The van der Waals surface area contributed by atoms with Crippen LogP contribution in [-0.2, 0) is 6.42 Å². The SMILES string of the molecule is CCCOc1ccc(-c2nc(CC)c(C(=O)O)s2)cc1OC. The van der Waals surface area contributed by atoms with E-state index in [0.717, 1.165) is 12.0 Å². The molecule has 0 aliphatic carbocycles. The largest absolute Gasteiger partial charge is 0.493 e. The number of nitrogens with zero attached hydrogens (tertiary/aromatic N) is 1. The van der Waals surface area contributed by atoms with E-state index in [-0.39, 0.29) is 0 Å². The lowest BCUT2D eigenvalue weighted by Crippen LogP contribution is -1.98. The second-order valence-electron chi connectivity index (χ2n) is 4.67. The molecule has 6 heteroatoms. The van der Waals surface area contributed by atoms with Crippen molar-refractivity contribution in [1.29, 1.82) is 0 Å². The number of hydrogen-bond donors (Lipinski definition) is 1. The molecule has 0 fully saturated rings. The Kier molecular flexibility index (Phi) is 5.38. The van der Waals surface area contributed by atoms with Gasteiger partial charge in [-0.25, -0.2) is 9.78 Å². The fraction of sp³-hybridized carbons (Fsp3) is 0.375. The lowest BCUT2D eigenvalue weighted by Gasteiger charge is -2.10. The van der Waals surface area contributed by atoms with Crippen molar-refractivity contribution in [2.45, 2.75) is 26.7 Å². The minimum atomic E-state index is -0.935. The number of hydrogen-bond acceptors (Lipinski definition) is 5. The molecule has 1 heterocycles. The van der Waals surface area contributed by atoms with E-state index in [4.69, 9.17) is 9.47 Å². The summed E-state index contributed by atoms with van der Waals surface area (Å²) < 4.78 is 11.0. The highest BCUT2D eigenvalue weighted by molar-refractivity contribution is 7.17. The van der Waals surface area contributed by atoms with Gasteiger partial charge in [0.1, 0.15) is 9.88 Å². The maximum atomic E-state index is 11.2. The molecule has 0 bridgehead atoms. The van der Waals surface area contributed by atoms with Crippen LogP contribution in [0.4, 0.5) is 0 Å². The Bertz CT molecular complexity index is 666. The van der Waals surface area contributed by atoms with Crippen LogP contribution in [0.15, 0.2) is 18.2 Å². The lowest BCUT2D eigenvalue weighted by atomic mass is 10.2. The highest BCUT2D eigenvalue weighted by atomic mass is 32.1. The Morgan fingerprint density at radius 1 is 1.32 bits per heavy atom. The molecule has 2 aromatic rings. The van der Waals surface area contributed by atoms with Crippen molar-refractivity contribution >= 4 is 17.3 Å². The van der Waals surface area contributed by atoms with E-state index in [9.17, 15) is 9.90 Å². The second kappa shape index (κ2) is 7.26. The molecule has 0 amide bonds. The smallest absolute Gasteiger partial charge is 0.347 e. The Labute approximate surface area is 133 Å². The number of aryl methyl sites for hydroxylation is 1. The number of thiazole rings is 1. The Morgan fingerprint density at radius 3 is 2.64 bits per heavy atom. The second-order valence-corrected chi connectivity index (χ2v) is 5.67. The number of benzene rings is 1. The third-order valence-corrected chi connectivity index (χ3v) is 4.23. The van der Waals surface area contributed by atoms with Crippen molar-refractivity contribution in [3.05, 3.63) is 28.8 Å². The third kappa shape index (κ3) is 3.39. The maximum Gasteiger partial charge on any atom is 0.347 e. The van der Waals surface area contributed by atoms with Crippen LogP contribution in [0.5, 0.6) is 11.5 Å². The van der Waals surface area contributed by atoms with Crippen molar-refractivity contribution in [1.82, 2.24) is 4.98 Å². The highest BCUT2D eigenvalue weighted by Crippen LogP contribution is 2.35. The predicted molar refractivity (Wildman–Crippen MR) is 86.2 cm³/mol. The molecule has 1 N–H and O–H groups in total. The predicted octanol–water partition coefficient (Wildman–Crippen LogP) is 3.87. The maximum absolute atomic E-state index is 11.2. The topological polar surface area (TPSA) is 68.7 Å². The number of carboxylic acid groups (broad SMARTS) is 1. The molecule has 0 aliphatic rings. The molecule has 0 radical (unpaired) electrons. The first-order chi connectivity index (χ1) is 10.6. The van der Waals surface area contributed by atoms with E-state index in [1.165, 1.54) is 11.3 Å². The van der Waals surface area contributed by atoms with Crippen LogP contribution in [0.2, 0.25) is 0 Å².